The van der Waals surface area contributed by atoms with Gasteiger partial charge in [-0.1, -0.05) is 0 Å². The molecule has 23 heavy (non-hydrogen) atoms. The van der Waals surface area contributed by atoms with E-state index in [2.05, 4.69) is 49.9 Å². The van der Waals surface area contributed by atoms with Crippen LogP contribution in [0.4, 0.5) is 0 Å². The highest BCUT2D eigenvalue weighted by atomic mass is 16.1. The number of amides is 1. The SMILES string of the molecule is CC(C)N1Cc2ccnn2C(CCNC(=O)c2cnccn2)C1. The maximum Gasteiger partial charge on any atom is 0.271 e. The summed E-state index contributed by atoms with van der Waals surface area (Å²) >= 11 is 0. The Morgan fingerprint density at radius 3 is 3.00 bits per heavy atom. The molecule has 7 nitrogen and oxygen atoms in total. The summed E-state index contributed by atoms with van der Waals surface area (Å²) < 4.78 is 2.09. The molecule has 1 unspecified atom stereocenters. The highest BCUT2D eigenvalue weighted by molar-refractivity contribution is 5.91. The van der Waals surface area contributed by atoms with Gasteiger partial charge in [0, 0.05) is 44.3 Å². The molecule has 0 aliphatic carbocycles. The van der Waals surface area contributed by atoms with Crippen LogP contribution in [0.15, 0.2) is 30.9 Å². The van der Waals surface area contributed by atoms with E-state index in [-0.39, 0.29) is 11.9 Å². The number of aromatic nitrogens is 4. The van der Waals surface area contributed by atoms with Crippen molar-refractivity contribution >= 4 is 5.91 Å². The van der Waals surface area contributed by atoms with E-state index in [9.17, 15) is 4.79 Å². The third kappa shape index (κ3) is 3.56. The molecular weight excluding hydrogens is 292 g/mol. The number of nitrogens with zero attached hydrogens (tertiary/aromatic N) is 5. The molecule has 0 spiro atoms. The van der Waals surface area contributed by atoms with Gasteiger partial charge in [0.1, 0.15) is 5.69 Å². The van der Waals surface area contributed by atoms with Crippen molar-refractivity contribution in [1.82, 2.24) is 30.0 Å². The number of fused-ring (bicyclic) bond motifs is 1. The standard InChI is InChI=1S/C16H22N6O/c1-12(2)21-10-13(22-14(11-21)4-6-20-22)3-5-19-16(23)15-9-17-7-8-18-15/h4,6-9,12-13H,3,5,10-11H2,1-2H3,(H,19,23). The lowest BCUT2D eigenvalue weighted by atomic mass is 10.1. The Morgan fingerprint density at radius 1 is 1.39 bits per heavy atom. The zero-order chi connectivity index (χ0) is 16.2. The fraction of sp³-hybridized carbons (Fsp3) is 0.500. The van der Waals surface area contributed by atoms with Crippen molar-refractivity contribution in [2.45, 2.75) is 38.9 Å². The van der Waals surface area contributed by atoms with Crippen molar-refractivity contribution in [1.29, 1.82) is 0 Å². The van der Waals surface area contributed by atoms with E-state index >= 15 is 0 Å². The highest BCUT2D eigenvalue weighted by Crippen LogP contribution is 2.23. The van der Waals surface area contributed by atoms with Crippen LogP contribution in [0, 0.1) is 0 Å². The van der Waals surface area contributed by atoms with Gasteiger partial charge in [0.05, 0.1) is 17.9 Å². The molecule has 2 aromatic heterocycles. The Bertz CT molecular complexity index is 654. The Kier molecular flexibility index (Phi) is 4.66. The number of hydrogen-bond acceptors (Lipinski definition) is 5. The molecule has 0 saturated heterocycles. The largest absolute Gasteiger partial charge is 0.351 e. The molecule has 0 fully saturated rings. The van der Waals surface area contributed by atoms with E-state index < -0.39 is 0 Å². The Hall–Kier alpha value is -2.28. The summed E-state index contributed by atoms with van der Waals surface area (Å²) in [5.74, 6) is -0.185. The molecule has 2 aromatic rings. The summed E-state index contributed by atoms with van der Waals surface area (Å²) in [6, 6.07) is 2.84. The van der Waals surface area contributed by atoms with Crippen LogP contribution < -0.4 is 5.32 Å². The average Bonchev–Trinajstić information content (AvgIpc) is 3.04. The van der Waals surface area contributed by atoms with Crippen molar-refractivity contribution in [3.63, 3.8) is 0 Å². The first kappa shape index (κ1) is 15.6. The minimum absolute atomic E-state index is 0.185. The van der Waals surface area contributed by atoms with Crippen molar-refractivity contribution in [3.05, 3.63) is 42.2 Å². The van der Waals surface area contributed by atoms with E-state index in [1.807, 2.05) is 6.20 Å². The molecule has 0 aromatic carbocycles. The van der Waals surface area contributed by atoms with Crippen molar-refractivity contribution in [2.75, 3.05) is 13.1 Å². The van der Waals surface area contributed by atoms with E-state index in [1.165, 1.54) is 18.1 Å². The average molecular weight is 314 g/mol. The topological polar surface area (TPSA) is 75.9 Å². The quantitative estimate of drug-likeness (QED) is 0.899. The molecule has 1 aliphatic heterocycles. The normalized spacial score (nSPS) is 18.0. The molecule has 7 heteroatoms. The molecule has 122 valence electrons. The van der Waals surface area contributed by atoms with Crippen LogP contribution in [0.3, 0.4) is 0 Å². The molecule has 0 saturated carbocycles. The summed E-state index contributed by atoms with van der Waals surface area (Å²) in [6.07, 6.45) is 7.24. The van der Waals surface area contributed by atoms with Gasteiger partial charge in [0.2, 0.25) is 0 Å². The fourth-order valence-corrected chi connectivity index (χ4v) is 2.88. The fourth-order valence-electron chi connectivity index (χ4n) is 2.88. The molecule has 0 bridgehead atoms. The van der Waals surface area contributed by atoms with E-state index in [1.54, 1.807) is 6.20 Å². The monoisotopic (exact) mass is 314 g/mol. The molecule has 3 heterocycles. The molecule has 0 radical (unpaired) electrons. The van der Waals surface area contributed by atoms with Gasteiger partial charge in [-0.3, -0.25) is 19.4 Å². The molecule has 3 rings (SSSR count). The van der Waals surface area contributed by atoms with Gasteiger partial charge in [-0.25, -0.2) is 4.98 Å². The summed E-state index contributed by atoms with van der Waals surface area (Å²) in [5, 5.41) is 7.36. The molecule has 1 aliphatic rings. The van der Waals surface area contributed by atoms with Gasteiger partial charge in [0.25, 0.3) is 5.91 Å². The predicted octanol–water partition coefficient (Wildman–Crippen LogP) is 1.26. The zero-order valence-corrected chi connectivity index (χ0v) is 13.5. The molecule has 1 amide bonds. The van der Waals surface area contributed by atoms with Gasteiger partial charge in [-0.15, -0.1) is 0 Å². The van der Waals surface area contributed by atoms with Gasteiger partial charge in [0.15, 0.2) is 0 Å². The lowest BCUT2D eigenvalue weighted by Gasteiger charge is -2.36. The van der Waals surface area contributed by atoms with E-state index in [0.717, 1.165) is 19.5 Å². The van der Waals surface area contributed by atoms with Gasteiger partial charge < -0.3 is 5.32 Å². The highest BCUT2D eigenvalue weighted by Gasteiger charge is 2.26. The van der Waals surface area contributed by atoms with Crippen LogP contribution >= 0.6 is 0 Å². The van der Waals surface area contributed by atoms with Crippen LogP contribution in [-0.4, -0.2) is 49.7 Å². The second kappa shape index (κ2) is 6.87. The number of nitrogens with one attached hydrogen (secondary N) is 1. The zero-order valence-electron chi connectivity index (χ0n) is 13.5. The van der Waals surface area contributed by atoms with E-state index in [0.29, 0.717) is 18.3 Å². The summed E-state index contributed by atoms with van der Waals surface area (Å²) in [6.45, 7) is 6.89. The van der Waals surface area contributed by atoms with E-state index in [4.69, 9.17) is 0 Å². The van der Waals surface area contributed by atoms with Gasteiger partial charge >= 0.3 is 0 Å². The number of carbonyl (C=O) groups is 1. The minimum atomic E-state index is -0.185. The Morgan fingerprint density at radius 2 is 2.26 bits per heavy atom. The predicted molar refractivity (Wildman–Crippen MR) is 85.8 cm³/mol. The summed E-state index contributed by atoms with van der Waals surface area (Å²) in [4.78, 5) is 22.4. The molecule has 1 N–H and O–H groups in total. The number of carbonyl (C=O) groups excluding carboxylic acids is 1. The minimum Gasteiger partial charge on any atom is -0.351 e. The second-order valence-electron chi connectivity index (χ2n) is 6.08. The van der Waals surface area contributed by atoms with Crippen LogP contribution in [0.1, 0.15) is 42.5 Å². The first-order valence-electron chi connectivity index (χ1n) is 7.96. The maximum absolute atomic E-state index is 12.0. The maximum atomic E-state index is 12.0. The van der Waals surface area contributed by atoms with Crippen LogP contribution in [0.2, 0.25) is 0 Å². The molecular formula is C16H22N6O. The number of hydrogen-bond donors (Lipinski definition) is 1. The Labute approximate surface area is 135 Å². The van der Waals surface area contributed by atoms with Crippen molar-refractivity contribution in [2.24, 2.45) is 0 Å². The Balaban J connectivity index is 1.59. The first-order valence-corrected chi connectivity index (χ1v) is 7.96. The molecule has 1 atom stereocenters. The van der Waals surface area contributed by atoms with Crippen LogP contribution in [0.25, 0.3) is 0 Å². The van der Waals surface area contributed by atoms with Crippen molar-refractivity contribution < 1.29 is 4.79 Å². The second-order valence-corrected chi connectivity index (χ2v) is 6.08. The van der Waals surface area contributed by atoms with Crippen LogP contribution in [-0.2, 0) is 6.54 Å². The summed E-state index contributed by atoms with van der Waals surface area (Å²) in [5.41, 5.74) is 1.58. The number of rotatable bonds is 5. The van der Waals surface area contributed by atoms with Gasteiger partial charge in [-0.05, 0) is 26.3 Å². The first-order chi connectivity index (χ1) is 11.1. The lowest BCUT2D eigenvalue weighted by Crippen LogP contribution is -2.42. The smallest absolute Gasteiger partial charge is 0.271 e. The van der Waals surface area contributed by atoms with Gasteiger partial charge in [-0.2, -0.15) is 5.10 Å². The lowest BCUT2D eigenvalue weighted by molar-refractivity contribution is 0.0938. The van der Waals surface area contributed by atoms with Crippen molar-refractivity contribution in [3.8, 4) is 0 Å². The van der Waals surface area contributed by atoms with Crippen LogP contribution in [0.5, 0.6) is 0 Å². The third-order valence-corrected chi connectivity index (χ3v) is 4.20. The third-order valence-electron chi connectivity index (χ3n) is 4.20. The summed E-state index contributed by atoms with van der Waals surface area (Å²) in [7, 11) is 0.